The lowest BCUT2D eigenvalue weighted by molar-refractivity contribution is -0.113. The number of aromatic nitrogens is 1. The van der Waals surface area contributed by atoms with Crippen molar-refractivity contribution in [2.45, 2.75) is 6.92 Å². The second-order valence-electron chi connectivity index (χ2n) is 4.93. The van der Waals surface area contributed by atoms with Crippen molar-refractivity contribution < 1.29 is 4.79 Å². The van der Waals surface area contributed by atoms with Crippen molar-refractivity contribution in [3.05, 3.63) is 59.3 Å². The van der Waals surface area contributed by atoms with Gasteiger partial charge in [-0.15, -0.1) is 0 Å². The van der Waals surface area contributed by atoms with Gasteiger partial charge in [-0.2, -0.15) is 4.99 Å². The molecule has 1 aliphatic rings. The number of carbonyl (C=O) groups excluding carboxylic acids is 1. The molecule has 0 unspecified atom stereocenters. The number of aryl methyl sites for hydroxylation is 1. The van der Waals surface area contributed by atoms with Gasteiger partial charge in [0, 0.05) is 31.2 Å². The van der Waals surface area contributed by atoms with E-state index in [1.807, 2.05) is 66.4 Å². The minimum absolute atomic E-state index is 0.171. The van der Waals surface area contributed by atoms with Crippen LogP contribution in [0.3, 0.4) is 0 Å². The third-order valence-electron chi connectivity index (χ3n) is 3.49. The highest BCUT2D eigenvalue weighted by molar-refractivity contribution is 8.18. The highest BCUT2D eigenvalue weighted by Gasteiger charge is 2.26. The van der Waals surface area contributed by atoms with Crippen LogP contribution < -0.4 is 4.90 Å². The van der Waals surface area contributed by atoms with E-state index < -0.39 is 0 Å². The van der Waals surface area contributed by atoms with Crippen molar-refractivity contribution in [1.82, 2.24) is 4.57 Å². The number of rotatable bonds is 3. The zero-order valence-electron chi connectivity index (χ0n) is 12.6. The number of carbonyl (C=O) groups is 1. The minimum atomic E-state index is -0.171. The van der Waals surface area contributed by atoms with E-state index in [0.717, 1.165) is 23.1 Å². The summed E-state index contributed by atoms with van der Waals surface area (Å²) in [6.45, 7) is 2.82. The number of aliphatic imine (C=N–C) groups is 1. The first-order valence-electron chi connectivity index (χ1n) is 7.15. The Labute approximate surface area is 134 Å². The minimum Gasteiger partial charge on any atom is -0.351 e. The van der Waals surface area contributed by atoms with Gasteiger partial charge in [0.1, 0.15) is 0 Å². The van der Waals surface area contributed by atoms with Gasteiger partial charge in [-0.1, -0.05) is 18.2 Å². The first-order chi connectivity index (χ1) is 10.7. The van der Waals surface area contributed by atoms with Gasteiger partial charge in [0.2, 0.25) is 0 Å². The summed E-state index contributed by atoms with van der Waals surface area (Å²) in [5.41, 5.74) is 2.04. The molecule has 5 heteroatoms. The standard InChI is InChI=1S/C17H17N3OS/c1-3-20(13-8-5-4-6-9-13)17-18-16(21)15(22-17)12-14-10-7-11-19(14)2/h4-12H,3H2,1-2H3. The molecule has 4 nitrogen and oxygen atoms in total. The Kier molecular flexibility index (Phi) is 4.15. The summed E-state index contributed by atoms with van der Waals surface area (Å²) in [7, 11) is 1.96. The molecule has 1 amide bonds. The lowest BCUT2D eigenvalue weighted by Gasteiger charge is -2.21. The van der Waals surface area contributed by atoms with Gasteiger partial charge in [0.05, 0.1) is 4.91 Å². The van der Waals surface area contributed by atoms with Gasteiger partial charge >= 0.3 is 0 Å². The summed E-state index contributed by atoms with van der Waals surface area (Å²) in [6.07, 6.45) is 3.85. The number of amides is 1. The van der Waals surface area contributed by atoms with Crippen molar-refractivity contribution in [2.24, 2.45) is 12.0 Å². The zero-order valence-corrected chi connectivity index (χ0v) is 13.4. The first kappa shape index (κ1) is 14.7. The maximum Gasteiger partial charge on any atom is 0.286 e. The third kappa shape index (κ3) is 2.85. The van der Waals surface area contributed by atoms with E-state index in [4.69, 9.17) is 0 Å². The molecule has 0 bridgehead atoms. The lowest BCUT2D eigenvalue weighted by atomic mass is 10.3. The molecule has 0 atom stereocenters. The van der Waals surface area contributed by atoms with E-state index in [9.17, 15) is 4.79 Å². The number of benzene rings is 1. The maximum absolute atomic E-state index is 12.2. The molecule has 22 heavy (non-hydrogen) atoms. The van der Waals surface area contributed by atoms with Gasteiger partial charge in [0.15, 0.2) is 5.17 Å². The Morgan fingerprint density at radius 1 is 1.23 bits per heavy atom. The van der Waals surface area contributed by atoms with Gasteiger partial charge < -0.3 is 9.47 Å². The fourth-order valence-electron chi connectivity index (χ4n) is 2.31. The molecule has 1 aromatic heterocycles. The van der Waals surface area contributed by atoms with Crippen molar-refractivity contribution in [3.63, 3.8) is 0 Å². The Hall–Kier alpha value is -2.27. The highest BCUT2D eigenvalue weighted by Crippen LogP contribution is 2.32. The molecule has 3 rings (SSSR count). The number of hydrogen-bond donors (Lipinski definition) is 0. The molecule has 0 saturated carbocycles. The Balaban J connectivity index is 1.86. The predicted octanol–water partition coefficient (Wildman–Crippen LogP) is 3.52. The number of amidine groups is 1. The molecule has 2 aromatic rings. The molecule has 1 aromatic carbocycles. The summed E-state index contributed by atoms with van der Waals surface area (Å²) in [4.78, 5) is 19.1. The quantitative estimate of drug-likeness (QED) is 0.814. The number of thioether (sulfide) groups is 1. The van der Waals surface area contributed by atoms with Gasteiger partial charge in [-0.3, -0.25) is 4.79 Å². The first-order valence-corrected chi connectivity index (χ1v) is 7.97. The van der Waals surface area contributed by atoms with Crippen LogP contribution in [0.5, 0.6) is 0 Å². The molecule has 112 valence electrons. The molecule has 0 fully saturated rings. The Bertz CT molecular complexity index is 746. The molecule has 0 N–H and O–H groups in total. The van der Waals surface area contributed by atoms with Crippen LogP contribution in [-0.4, -0.2) is 22.2 Å². The highest BCUT2D eigenvalue weighted by atomic mass is 32.2. The normalized spacial score (nSPS) is 16.2. The Morgan fingerprint density at radius 2 is 2.00 bits per heavy atom. The van der Waals surface area contributed by atoms with E-state index >= 15 is 0 Å². The summed E-state index contributed by atoms with van der Waals surface area (Å²) in [5, 5.41) is 0.735. The van der Waals surface area contributed by atoms with Crippen LogP contribution in [0.4, 0.5) is 5.69 Å². The van der Waals surface area contributed by atoms with Gasteiger partial charge in [0.25, 0.3) is 5.91 Å². The molecular formula is C17H17N3OS. The van der Waals surface area contributed by atoms with Crippen LogP contribution in [0.25, 0.3) is 6.08 Å². The number of para-hydroxylation sites is 1. The van der Waals surface area contributed by atoms with Crippen molar-refractivity contribution in [2.75, 3.05) is 11.4 Å². The summed E-state index contributed by atoms with van der Waals surface area (Å²) < 4.78 is 1.98. The molecule has 0 radical (unpaired) electrons. The number of anilines is 1. The Morgan fingerprint density at radius 3 is 2.64 bits per heavy atom. The summed E-state index contributed by atoms with van der Waals surface area (Å²) in [6, 6.07) is 13.9. The van der Waals surface area contributed by atoms with E-state index in [1.165, 1.54) is 11.8 Å². The van der Waals surface area contributed by atoms with Crippen molar-refractivity contribution in [1.29, 1.82) is 0 Å². The summed E-state index contributed by atoms with van der Waals surface area (Å²) >= 11 is 1.43. The maximum atomic E-state index is 12.2. The van der Waals surface area contributed by atoms with Crippen molar-refractivity contribution in [3.8, 4) is 0 Å². The van der Waals surface area contributed by atoms with Gasteiger partial charge in [-0.05, 0) is 49.0 Å². The smallest absolute Gasteiger partial charge is 0.286 e. The van der Waals surface area contributed by atoms with E-state index in [2.05, 4.69) is 16.8 Å². The second-order valence-corrected chi connectivity index (χ2v) is 5.94. The lowest BCUT2D eigenvalue weighted by Crippen LogP contribution is -2.27. The third-order valence-corrected chi connectivity index (χ3v) is 4.49. The molecule has 2 heterocycles. The zero-order chi connectivity index (χ0) is 15.5. The average Bonchev–Trinajstić information content (AvgIpc) is 3.09. The van der Waals surface area contributed by atoms with E-state index in [-0.39, 0.29) is 5.91 Å². The van der Waals surface area contributed by atoms with Crippen LogP contribution in [0.2, 0.25) is 0 Å². The second kappa shape index (κ2) is 6.23. The predicted molar refractivity (Wildman–Crippen MR) is 92.9 cm³/mol. The fourth-order valence-corrected chi connectivity index (χ4v) is 3.29. The largest absolute Gasteiger partial charge is 0.351 e. The molecule has 0 aliphatic carbocycles. The molecule has 0 saturated heterocycles. The number of nitrogens with zero attached hydrogens (tertiary/aromatic N) is 3. The summed E-state index contributed by atoms with van der Waals surface area (Å²) in [5.74, 6) is -0.171. The van der Waals surface area contributed by atoms with Crippen LogP contribution >= 0.6 is 11.8 Å². The van der Waals surface area contributed by atoms with E-state index in [0.29, 0.717) is 4.91 Å². The average molecular weight is 311 g/mol. The molecular weight excluding hydrogens is 294 g/mol. The molecule has 0 spiro atoms. The fraction of sp³-hybridized carbons (Fsp3) is 0.176. The van der Waals surface area contributed by atoms with Gasteiger partial charge in [-0.25, -0.2) is 0 Å². The van der Waals surface area contributed by atoms with Crippen LogP contribution in [-0.2, 0) is 11.8 Å². The van der Waals surface area contributed by atoms with Crippen molar-refractivity contribution >= 4 is 34.6 Å². The SMILES string of the molecule is CCN(C1=NC(=O)C(=Cc2cccn2C)S1)c1ccccc1. The van der Waals surface area contributed by atoms with Crippen LogP contribution in [0, 0.1) is 0 Å². The monoisotopic (exact) mass is 311 g/mol. The van der Waals surface area contributed by atoms with Crippen LogP contribution in [0.15, 0.2) is 58.6 Å². The molecule has 1 aliphatic heterocycles. The number of hydrogen-bond acceptors (Lipinski definition) is 3. The topological polar surface area (TPSA) is 37.6 Å². The van der Waals surface area contributed by atoms with Crippen LogP contribution in [0.1, 0.15) is 12.6 Å². The van der Waals surface area contributed by atoms with E-state index in [1.54, 1.807) is 0 Å².